The van der Waals surface area contributed by atoms with E-state index in [1.165, 1.54) is 0 Å². The van der Waals surface area contributed by atoms with Crippen LogP contribution < -0.4 is 0 Å². The molecule has 0 rings (SSSR count). The van der Waals surface area contributed by atoms with Crippen LogP contribution in [-0.4, -0.2) is 16.8 Å². The fraction of sp³-hybridized carbons (Fsp3) is 0. The second-order valence-corrected chi connectivity index (χ2v) is 1.87. The van der Waals surface area contributed by atoms with Crippen LogP contribution in [0.25, 0.3) is 0 Å². The Hall–Kier alpha value is 0.359. The van der Waals surface area contributed by atoms with Gasteiger partial charge in [-0.15, -0.1) is 0 Å². The van der Waals surface area contributed by atoms with Crippen LogP contribution in [0.15, 0.2) is 0 Å². The third-order valence-corrected chi connectivity index (χ3v) is 0. The summed E-state index contributed by atoms with van der Waals surface area (Å²) >= 11 is -4.62. The first-order valence-corrected chi connectivity index (χ1v) is 2.79. The minimum atomic E-state index is -4.62. The molecule has 4 nitrogen and oxygen atoms in total. The Bertz CT molecular complexity index is 19.1. The first-order chi connectivity index (χ1) is 2.00. The Morgan fingerprint density at radius 1 is 0.800 bits per heavy atom. The molecule has 5 heavy (non-hydrogen) atoms. The molecule has 0 aliphatic rings. The maximum atomic E-state index is 7.33. The minimum absolute atomic E-state index is 4.62. The summed E-state index contributed by atoms with van der Waals surface area (Å²) in [6, 6.07) is 0. The van der Waals surface area contributed by atoms with Gasteiger partial charge in [0.05, 0.1) is 0 Å². The van der Waals surface area contributed by atoms with E-state index in [1.54, 1.807) is 0 Å². The summed E-state index contributed by atoms with van der Waals surface area (Å²) < 4.78 is 29.3. The van der Waals surface area contributed by atoms with Gasteiger partial charge in [-0.25, -0.2) is 0 Å². The molecule has 0 atom stereocenters. The molecule has 0 unspecified atom stereocenters. The summed E-state index contributed by atoms with van der Waals surface area (Å²) in [6.45, 7) is 0. The molecule has 0 spiro atoms. The number of hydrogen-bond acceptors (Lipinski definition) is 4. The van der Waals surface area contributed by atoms with Crippen LogP contribution in [0.4, 0.5) is 0 Å². The fourth-order valence-corrected chi connectivity index (χ4v) is 0. The molecule has 35 valence electrons. The molecule has 5 heteroatoms. The van der Waals surface area contributed by atoms with Gasteiger partial charge in [0.2, 0.25) is 0 Å². The van der Waals surface area contributed by atoms with Crippen LogP contribution in [0.5, 0.6) is 0 Å². The van der Waals surface area contributed by atoms with E-state index in [1.807, 2.05) is 0 Å². The summed E-state index contributed by atoms with van der Waals surface area (Å²) in [4.78, 5) is 0. The van der Waals surface area contributed by atoms with Crippen molar-refractivity contribution in [3.8, 4) is 0 Å². The zero-order valence-corrected chi connectivity index (χ0v) is 3.35. The van der Waals surface area contributed by atoms with E-state index in [9.17, 15) is 0 Å². The molecule has 0 radical (unpaired) electrons. The molecule has 0 aromatic rings. The van der Waals surface area contributed by atoms with E-state index in [4.69, 9.17) is 16.8 Å². The second-order valence-electron chi connectivity index (χ2n) is 0.454. The Morgan fingerprint density at radius 3 is 0.800 bits per heavy atom. The van der Waals surface area contributed by atoms with Gasteiger partial charge in [0.15, 0.2) is 0 Å². The Balaban J connectivity index is 3.02. The zero-order valence-electron chi connectivity index (χ0n) is 2.17. The standard InChI is InChI=1S/Mn.4H2O/h;4*1H2/q+4;;;;/p-4. The Kier molecular flexibility index (Phi) is 1.30. The predicted molar refractivity (Wildman–Crippen MR) is 8.88 cm³/mol. The SMILES string of the molecule is [OH][Mn]([OH])([OH])[OH]. The van der Waals surface area contributed by atoms with Crippen LogP contribution in [0, 0.1) is 0 Å². The summed E-state index contributed by atoms with van der Waals surface area (Å²) in [6.07, 6.45) is 0. The summed E-state index contributed by atoms with van der Waals surface area (Å²) in [5.41, 5.74) is 0. The molecule has 0 aromatic heterocycles. The molecule has 0 fully saturated rings. The molecule has 0 heterocycles. The maximum absolute atomic E-state index is 7.33. The molecular formula is H4MnO4. The van der Waals surface area contributed by atoms with Crippen molar-refractivity contribution in [1.82, 2.24) is 0 Å². The summed E-state index contributed by atoms with van der Waals surface area (Å²) in [7, 11) is 0. The molecule has 0 aliphatic heterocycles. The van der Waals surface area contributed by atoms with Crippen LogP contribution in [-0.2, 0) is 14.2 Å². The Morgan fingerprint density at radius 2 is 0.800 bits per heavy atom. The van der Waals surface area contributed by atoms with Gasteiger partial charge in [0.25, 0.3) is 0 Å². The van der Waals surface area contributed by atoms with Crippen molar-refractivity contribution in [2.24, 2.45) is 0 Å². The van der Waals surface area contributed by atoms with Crippen molar-refractivity contribution in [3.63, 3.8) is 0 Å². The van der Waals surface area contributed by atoms with E-state index in [-0.39, 0.29) is 0 Å². The first kappa shape index (κ1) is 5.36. The summed E-state index contributed by atoms with van der Waals surface area (Å²) in [5.74, 6) is 0. The number of rotatable bonds is 0. The van der Waals surface area contributed by atoms with E-state index >= 15 is 0 Å². The normalized spacial score (nSPS) is 15.2. The molecule has 0 saturated carbocycles. The van der Waals surface area contributed by atoms with Gasteiger partial charge in [0, 0.05) is 0 Å². The third kappa shape index (κ3) is 188. The zero-order chi connectivity index (χ0) is 4.50. The van der Waals surface area contributed by atoms with Gasteiger partial charge in [-0.3, -0.25) is 0 Å². The average molecular weight is 123 g/mol. The van der Waals surface area contributed by atoms with E-state index in [2.05, 4.69) is 0 Å². The van der Waals surface area contributed by atoms with Crippen molar-refractivity contribution in [2.45, 2.75) is 0 Å². The van der Waals surface area contributed by atoms with Crippen molar-refractivity contribution >= 4 is 0 Å². The summed E-state index contributed by atoms with van der Waals surface area (Å²) in [5, 5.41) is 0. The van der Waals surface area contributed by atoms with Crippen molar-refractivity contribution in [3.05, 3.63) is 0 Å². The predicted octanol–water partition coefficient (Wildman–Crippen LogP) is -2.23. The second kappa shape index (κ2) is 1.22. The van der Waals surface area contributed by atoms with Gasteiger partial charge in [0.1, 0.15) is 0 Å². The quantitative estimate of drug-likeness (QED) is 0.275. The van der Waals surface area contributed by atoms with Crippen LogP contribution in [0.3, 0.4) is 0 Å². The number of hydrogen-bond donors (Lipinski definition) is 4. The monoisotopic (exact) mass is 123 g/mol. The molecule has 0 bridgehead atoms. The third-order valence-electron chi connectivity index (χ3n) is 0. The van der Waals surface area contributed by atoms with Crippen LogP contribution in [0.1, 0.15) is 0 Å². The molecule has 0 saturated heterocycles. The van der Waals surface area contributed by atoms with E-state index in [0.29, 0.717) is 0 Å². The molecule has 0 amide bonds. The topological polar surface area (TPSA) is 80.9 Å². The van der Waals surface area contributed by atoms with Crippen LogP contribution >= 0.6 is 0 Å². The average Bonchev–Trinajstić information content (AvgIpc) is 0.722. The van der Waals surface area contributed by atoms with Crippen molar-refractivity contribution in [1.29, 1.82) is 0 Å². The van der Waals surface area contributed by atoms with Gasteiger partial charge in [-0.05, 0) is 0 Å². The van der Waals surface area contributed by atoms with Gasteiger partial charge >= 0.3 is 30.9 Å². The van der Waals surface area contributed by atoms with Crippen molar-refractivity contribution < 1.29 is 30.9 Å². The van der Waals surface area contributed by atoms with Gasteiger partial charge in [-0.1, -0.05) is 0 Å². The van der Waals surface area contributed by atoms with Gasteiger partial charge < -0.3 is 0 Å². The molecule has 0 aromatic carbocycles. The van der Waals surface area contributed by atoms with Crippen LogP contribution in [0.2, 0.25) is 0 Å². The van der Waals surface area contributed by atoms with E-state index in [0.717, 1.165) is 0 Å². The first-order valence-electron chi connectivity index (χ1n) is 0.676. The van der Waals surface area contributed by atoms with Crippen molar-refractivity contribution in [2.75, 3.05) is 0 Å². The fourth-order valence-electron chi connectivity index (χ4n) is 0. The van der Waals surface area contributed by atoms with Gasteiger partial charge in [-0.2, -0.15) is 0 Å². The molecule has 0 aliphatic carbocycles. The Labute approximate surface area is 31.8 Å². The molecule has 4 N–H and O–H groups in total. The molecular weight excluding hydrogens is 119 g/mol. The van der Waals surface area contributed by atoms with E-state index < -0.39 is 14.2 Å².